The number of aromatic nitrogens is 4. The van der Waals surface area contributed by atoms with Crippen molar-refractivity contribution in [3.8, 4) is 0 Å². The van der Waals surface area contributed by atoms with Gasteiger partial charge in [0.05, 0.1) is 11.6 Å². The average molecular weight is 297 g/mol. The van der Waals surface area contributed by atoms with E-state index in [4.69, 9.17) is 21.3 Å². The molecule has 1 aliphatic heterocycles. The summed E-state index contributed by atoms with van der Waals surface area (Å²) in [6.07, 6.45) is 4.07. The van der Waals surface area contributed by atoms with Gasteiger partial charge >= 0.3 is 0 Å². The van der Waals surface area contributed by atoms with E-state index in [1.807, 2.05) is 11.7 Å². The van der Waals surface area contributed by atoms with E-state index in [9.17, 15) is 0 Å². The molecule has 0 radical (unpaired) electrons. The second kappa shape index (κ2) is 5.74. The van der Waals surface area contributed by atoms with Crippen molar-refractivity contribution in [3.63, 3.8) is 0 Å². The van der Waals surface area contributed by atoms with Gasteiger partial charge < -0.3 is 9.30 Å². The fourth-order valence-corrected chi connectivity index (χ4v) is 3.26. The number of hydrogen-bond donors (Lipinski definition) is 0. The molecule has 2 aromatic heterocycles. The van der Waals surface area contributed by atoms with Crippen LogP contribution < -0.4 is 0 Å². The van der Waals surface area contributed by atoms with Crippen molar-refractivity contribution in [2.24, 2.45) is 7.05 Å². The van der Waals surface area contributed by atoms with Gasteiger partial charge in [-0.1, -0.05) is 13.3 Å². The number of fused-ring (bicyclic) bond motifs is 1. The first kappa shape index (κ1) is 13.9. The highest BCUT2D eigenvalue weighted by molar-refractivity contribution is 6.16. The van der Waals surface area contributed by atoms with Crippen molar-refractivity contribution in [3.05, 3.63) is 11.5 Å². The Morgan fingerprint density at radius 2 is 2.10 bits per heavy atom. The predicted octanol–water partition coefficient (Wildman–Crippen LogP) is 2.81. The van der Waals surface area contributed by atoms with E-state index >= 15 is 0 Å². The molecule has 0 spiro atoms. The molecule has 0 N–H and O–H groups in total. The Morgan fingerprint density at radius 1 is 1.35 bits per heavy atom. The molecule has 0 atom stereocenters. The fraction of sp³-hybridized carbons (Fsp3) is 0.714. The molecule has 0 aliphatic carbocycles. The first-order chi connectivity index (χ1) is 9.76. The molecular weight excluding hydrogens is 276 g/mol. The molecule has 0 aromatic carbocycles. The van der Waals surface area contributed by atoms with Crippen molar-refractivity contribution >= 4 is 22.8 Å². The number of aryl methyl sites for hydroxylation is 2. The topological polar surface area (TPSA) is 44.9 Å². The van der Waals surface area contributed by atoms with Crippen molar-refractivity contribution in [2.75, 3.05) is 13.2 Å². The second-order valence-electron chi connectivity index (χ2n) is 5.37. The zero-order valence-electron chi connectivity index (χ0n) is 12.1. The molecule has 0 amide bonds. The van der Waals surface area contributed by atoms with Crippen molar-refractivity contribution in [1.29, 1.82) is 0 Å². The highest BCUT2D eigenvalue weighted by atomic mass is 35.5. The van der Waals surface area contributed by atoms with Crippen LogP contribution in [0.1, 0.15) is 43.7 Å². The van der Waals surface area contributed by atoms with E-state index in [-0.39, 0.29) is 0 Å². The summed E-state index contributed by atoms with van der Waals surface area (Å²) in [6.45, 7) is 3.79. The minimum atomic E-state index is 0.423. The van der Waals surface area contributed by atoms with Crippen LogP contribution in [-0.2, 0) is 24.1 Å². The number of rotatable bonds is 4. The summed E-state index contributed by atoms with van der Waals surface area (Å²) in [5.41, 5.74) is 3.22. The predicted molar refractivity (Wildman–Crippen MR) is 79.1 cm³/mol. The Kier molecular flexibility index (Phi) is 3.98. The molecule has 1 saturated heterocycles. The van der Waals surface area contributed by atoms with Crippen LogP contribution in [0.5, 0.6) is 0 Å². The quantitative estimate of drug-likeness (QED) is 0.815. The minimum absolute atomic E-state index is 0.423. The smallest absolute Gasteiger partial charge is 0.158 e. The zero-order chi connectivity index (χ0) is 14.1. The molecule has 110 valence electrons. The highest BCUT2D eigenvalue weighted by Gasteiger charge is 2.25. The normalized spacial score (nSPS) is 17.1. The Labute approximate surface area is 123 Å². The van der Waals surface area contributed by atoms with Gasteiger partial charge in [0.1, 0.15) is 11.3 Å². The summed E-state index contributed by atoms with van der Waals surface area (Å²) in [4.78, 5) is 4.75. The molecule has 20 heavy (non-hydrogen) atoms. The van der Waals surface area contributed by atoms with Crippen molar-refractivity contribution < 1.29 is 4.74 Å². The number of alkyl halides is 1. The maximum absolute atomic E-state index is 6.12. The lowest BCUT2D eigenvalue weighted by molar-refractivity contribution is 0.0697. The van der Waals surface area contributed by atoms with Crippen LogP contribution >= 0.6 is 11.6 Å². The lowest BCUT2D eigenvalue weighted by atomic mass is 10.1. The van der Waals surface area contributed by atoms with Gasteiger partial charge in [-0.15, -0.1) is 11.6 Å². The van der Waals surface area contributed by atoms with Gasteiger partial charge in [-0.3, -0.25) is 4.68 Å². The van der Waals surface area contributed by atoms with E-state index in [0.29, 0.717) is 11.9 Å². The van der Waals surface area contributed by atoms with Crippen LogP contribution in [0.4, 0.5) is 0 Å². The van der Waals surface area contributed by atoms with E-state index in [0.717, 1.165) is 61.6 Å². The largest absolute Gasteiger partial charge is 0.381 e. The SMILES string of the molecule is CCCc1nn(C)c2c1nc(CCl)n2C1CCOCC1. The summed E-state index contributed by atoms with van der Waals surface area (Å²) >= 11 is 6.12. The standard InChI is InChI=1S/C14H21ClN4O/c1-3-4-11-13-14(18(2)17-11)19(12(9-15)16-13)10-5-7-20-8-6-10/h10H,3-9H2,1-2H3. The molecule has 0 unspecified atom stereocenters. The van der Waals surface area contributed by atoms with E-state index in [1.54, 1.807) is 0 Å². The Bertz CT molecular complexity index is 598. The van der Waals surface area contributed by atoms with Crippen LogP contribution in [0.15, 0.2) is 0 Å². The summed E-state index contributed by atoms with van der Waals surface area (Å²) in [5.74, 6) is 1.40. The Hall–Kier alpha value is -1.07. The second-order valence-corrected chi connectivity index (χ2v) is 5.63. The van der Waals surface area contributed by atoms with Gasteiger partial charge in [0.15, 0.2) is 5.65 Å². The van der Waals surface area contributed by atoms with Crippen molar-refractivity contribution in [1.82, 2.24) is 19.3 Å². The molecule has 3 rings (SSSR count). The number of hydrogen-bond acceptors (Lipinski definition) is 3. The van der Waals surface area contributed by atoms with Crippen LogP contribution in [0.2, 0.25) is 0 Å². The monoisotopic (exact) mass is 296 g/mol. The third-order valence-electron chi connectivity index (χ3n) is 3.97. The molecule has 5 nitrogen and oxygen atoms in total. The Morgan fingerprint density at radius 3 is 2.75 bits per heavy atom. The first-order valence-electron chi connectivity index (χ1n) is 7.32. The van der Waals surface area contributed by atoms with Crippen LogP contribution in [0.3, 0.4) is 0 Å². The zero-order valence-corrected chi connectivity index (χ0v) is 12.9. The van der Waals surface area contributed by atoms with Gasteiger partial charge in [0.25, 0.3) is 0 Å². The van der Waals surface area contributed by atoms with Gasteiger partial charge in [0.2, 0.25) is 0 Å². The van der Waals surface area contributed by atoms with Gasteiger partial charge in [-0.25, -0.2) is 4.98 Å². The summed E-state index contributed by atoms with van der Waals surface area (Å²) < 4.78 is 9.71. The average Bonchev–Trinajstić information content (AvgIpc) is 2.99. The third-order valence-corrected chi connectivity index (χ3v) is 4.21. The van der Waals surface area contributed by atoms with E-state index < -0.39 is 0 Å². The number of ether oxygens (including phenoxy) is 1. The number of halogens is 1. The molecule has 2 aromatic rings. The van der Waals surface area contributed by atoms with Crippen LogP contribution in [0.25, 0.3) is 11.2 Å². The highest BCUT2D eigenvalue weighted by Crippen LogP contribution is 2.30. The van der Waals surface area contributed by atoms with Gasteiger partial charge in [0, 0.05) is 26.3 Å². The van der Waals surface area contributed by atoms with Gasteiger partial charge in [-0.2, -0.15) is 5.10 Å². The van der Waals surface area contributed by atoms with Crippen molar-refractivity contribution in [2.45, 2.75) is 44.5 Å². The molecule has 3 heterocycles. The molecule has 6 heteroatoms. The number of nitrogens with zero attached hydrogens (tertiary/aromatic N) is 4. The lowest BCUT2D eigenvalue weighted by Gasteiger charge is -2.25. The van der Waals surface area contributed by atoms with Gasteiger partial charge in [-0.05, 0) is 19.3 Å². The Balaban J connectivity index is 2.13. The molecule has 0 saturated carbocycles. The van der Waals surface area contributed by atoms with E-state index in [1.165, 1.54) is 0 Å². The molecule has 1 aliphatic rings. The maximum Gasteiger partial charge on any atom is 0.158 e. The maximum atomic E-state index is 6.12. The molecule has 1 fully saturated rings. The van der Waals surface area contributed by atoms with E-state index in [2.05, 4.69) is 16.6 Å². The molecular formula is C14H21ClN4O. The summed E-state index contributed by atoms with van der Waals surface area (Å²) in [5, 5.41) is 4.63. The minimum Gasteiger partial charge on any atom is -0.381 e. The fourth-order valence-electron chi connectivity index (χ4n) is 3.07. The molecule has 0 bridgehead atoms. The lowest BCUT2D eigenvalue weighted by Crippen LogP contribution is -2.21. The summed E-state index contributed by atoms with van der Waals surface area (Å²) in [7, 11) is 2.00. The van der Waals surface area contributed by atoms with Crippen LogP contribution in [-0.4, -0.2) is 32.5 Å². The first-order valence-corrected chi connectivity index (χ1v) is 7.86. The summed E-state index contributed by atoms with van der Waals surface area (Å²) in [6, 6.07) is 0.423. The number of imidazole rings is 1. The van der Waals surface area contributed by atoms with Crippen LogP contribution in [0, 0.1) is 0 Å². The third kappa shape index (κ3) is 2.23.